The molecule has 1 aliphatic carbocycles. The molecule has 7 fully saturated rings. The topological polar surface area (TPSA) is 111 Å². The Balaban J connectivity index is 1.02. The Hall–Kier alpha value is -0.480. The first-order valence-corrected chi connectivity index (χ1v) is 12.9. The van der Waals surface area contributed by atoms with Gasteiger partial charge in [0.2, 0.25) is 23.1 Å². The summed E-state index contributed by atoms with van der Waals surface area (Å²) in [6, 6.07) is 0. The molecule has 0 aromatic carbocycles. The van der Waals surface area contributed by atoms with Crippen LogP contribution in [0.25, 0.3) is 0 Å². The van der Waals surface area contributed by atoms with E-state index < -0.39 is 47.3 Å². The predicted octanol–water partition coefficient (Wildman–Crippen LogP) is 3.98. The minimum atomic E-state index is -1.21. The average molecular weight is 517 g/mol. The molecule has 1 saturated carbocycles. The van der Waals surface area contributed by atoms with Crippen LogP contribution in [-0.4, -0.2) is 47.3 Å². The Morgan fingerprint density at radius 2 is 0.861 bits per heavy atom. The highest BCUT2D eigenvalue weighted by Gasteiger charge is 2.70. The summed E-state index contributed by atoms with van der Waals surface area (Å²) in [4.78, 5) is 45.3. The maximum Gasteiger partial charge on any atom is 0.259 e. The van der Waals surface area contributed by atoms with Crippen molar-refractivity contribution in [3.05, 3.63) is 0 Å². The van der Waals surface area contributed by atoms with Crippen molar-refractivity contribution in [2.45, 2.75) is 140 Å². The van der Waals surface area contributed by atoms with E-state index in [-0.39, 0.29) is 10.8 Å². The molecule has 12 heteroatoms. The van der Waals surface area contributed by atoms with Gasteiger partial charge in [0.1, 0.15) is 0 Å². The first-order valence-electron chi connectivity index (χ1n) is 12.9. The van der Waals surface area contributed by atoms with Crippen molar-refractivity contribution in [2.75, 3.05) is 0 Å². The smallest absolute Gasteiger partial charge is 0.259 e. The largest absolute Gasteiger partial charge is 0.310 e. The lowest BCUT2D eigenvalue weighted by Gasteiger charge is -2.43. The third kappa shape index (κ3) is 3.73. The molecule has 6 atom stereocenters. The number of hydrogen-bond acceptors (Lipinski definition) is 12. The second-order valence-electron chi connectivity index (χ2n) is 13.5. The van der Waals surface area contributed by atoms with Crippen molar-refractivity contribution >= 4 is 0 Å². The molecule has 7 aliphatic rings. The van der Waals surface area contributed by atoms with Crippen LogP contribution in [0.1, 0.15) is 92.9 Å². The molecule has 204 valence electrons. The van der Waals surface area contributed by atoms with Crippen LogP contribution in [-0.2, 0) is 58.0 Å². The zero-order chi connectivity index (χ0) is 25.3. The molecule has 0 aromatic rings. The standard InChI is InChI=1S/C24H36O12/c1-17(2)11-19(5)29-23(13-17,35-31-19)15-25-21(33-27-15)7-9-22(10-8-21)26-16(28-34-22)24-14-18(3,4)12-20(6,30-24)32-36-24/h15-16H,7-14H2,1-6H3. The van der Waals surface area contributed by atoms with Crippen molar-refractivity contribution in [1.29, 1.82) is 0 Å². The van der Waals surface area contributed by atoms with E-state index in [0.717, 1.165) is 0 Å². The van der Waals surface area contributed by atoms with Crippen molar-refractivity contribution in [1.82, 2.24) is 0 Å². The molecule has 2 spiro atoms. The average Bonchev–Trinajstić information content (AvgIpc) is 3.48. The number of ether oxygens (including phenoxy) is 4. The van der Waals surface area contributed by atoms with E-state index in [1.807, 2.05) is 13.8 Å². The van der Waals surface area contributed by atoms with Gasteiger partial charge in [0.05, 0.1) is 0 Å². The summed E-state index contributed by atoms with van der Waals surface area (Å²) in [6.07, 6.45) is 2.38. The summed E-state index contributed by atoms with van der Waals surface area (Å²) in [7, 11) is 0. The summed E-state index contributed by atoms with van der Waals surface area (Å²) in [5, 5.41) is 0. The van der Waals surface area contributed by atoms with Gasteiger partial charge in [-0.1, -0.05) is 27.7 Å². The third-order valence-electron chi connectivity index (χ3n) is 8.25. The fourth-order valence-corrected chi connectivity index (χ4v) is 7.39. The van der Waals surface area contributed by atoms with E-state index in [0.29, 0.717) is 51.4 Å². The summed E-state index contributed by atoms with van der Waals surface area (Å²) < 4.78 is 25.0. The molecule has 7 rings (SSSR count). The first-order chi connectivity index (χ1) is 16.7. The molecule has 4 bridgehead atoms. The highest BCUT2D eigenvalue weighted by Crippen LogP contribution is 2.59. The highest BCUT2D eigenvalue weighted by molar-refractivity contribution is 4.99. The Kier molecular flexibility index (Phi) is 4.89. The van der Waals surface area contributed by atoms with Gasteiger partial charge in [-0.3, -0.25) is 0 Å². The van der Waals surface area contributed by atoms with E-state index in [4.69, 9.17) is 58.0 Å². The Morgan fingerprint density at radius 3 is 1.25 bits per heavy atom. The van der Waals surface area contributed by atoms with Crippen molar-refractivity contribution in [3.63, 3.8) is 0 Å². The van der Waals surface area contributed by atoms with Crippen molar-refractivity contribution < 1.29 is 58.0 Å². The normalized spacial score (nSPS) is 51.8. The first kappa shape index (κ1) is 24.6. The summed E-state index contributed by atoms with van der Waals surface area (Å²) in [5.74, 6) is -6.13. The van der Waals surface area contributed by atoms with Crippen molar-refractivity contribution in [3.8, 4) is 0 Å². The molecule has 0 N–H and O–H groups in total. The van der Waals surface area contributed by atoms with E-state index in [1.54, 1.807) is 0 Å². The summed E-state index contributed by atoms with van der Waals surface area (Å²) in [5.41, 5.74) is -0.199. The fraction of sp³-hybridized carbons (Fsp3) is 1.00. The molecule has 6 saturated heterocycles. The van der Waals surface area contributed by atoms with Gasteiger partial charge in [0.25, 0.3) is 24.2 Å². The predicted molar refractivity (Wildman–Crippen MR) is 113 cm³/mol. The van der Waals surface area contributed by atoms with Crippen LogP contribution in [0.4, 0.5) is 0 Å². The number of hydrogen-bond donors (Lipinski definition) is 0. The lowest BCUT2D eigenvalue weighted by Crippen LogP contribution is -2.55. The molecule has 0 radical (unpaired) electrons. The molecule has 6 heterocycles. The van der Waals surface area contributed by atoms with Gasteiger partial charge in [-0.2, -0.15) is 39.1 Å². The zero-order valence-corrected chi connectivity index (χ0v) is 21.7. The second-order valence-corrected chi connectivity index (χ2v) is 13.5. The molecule has 12 nitrogen and oxygen atoms in total. The van der Waals surface area contributed by atoms with Crippen LogP contribution in [0, 0.1) is 10.8 Å². The molecule has 36 heavy (non-hydrogen) atoms. The monoisotopic (exact) mass is 516 g/mol. The quantitative estimate of drug-likeness (QED) is 0.495. The lowest BCUT2D eigenvalue weighted by atomic mass is 9.77. The van der Waals surface area contributed by atoms with Gasteiger partial charge in [0.15, 0.2) is 0 Å². The molecule has 6 aliphatic heterocycles. The SMILES string of the molecule is CC1(C)CC2(C)OOC(C3OOC4(CCC5(CC4)OOC(C46CC(C)(C)CC(C)(OO4)O6)O5)O3)(C1)O2. The maximum atomic E-state index is 6.33. The lowest BCUT2D eigenvalue weighted by molar-refractivity contribution is -0.412. The van der Waals surface area contributed by atoms with Gasteiger partial charge in [-0.15, -0.1) is 0 Å². The van der Waals surface area contributed by atoms with Gasteiger partial charge >= 0.3 is 0 Å². The van der Waals surface area contributed by atoms with Crippen LogP contribution >= 0.6 is 0 Å². The van der Waals surface area contributed by atoms with Gasteiger partial charge in [0, 0.05) is 51.4 Å². The van der Waals surface area contributed by atoms with Crippen LogP contribution in [0.5, 0.6) is 0 Å². The molecule has 0 amide bonds. The van der Waals surface area contributed by atoms with Gasteiger partial charge in [-0.05, 0) is 24.7 Å². The van der Waals surface area contributed by atoms with Crippen LogP contribution in [0.3, 0.4) is 0 Å². The van der Waals surface area contributed by atoms with Crippen LogP contribution < -0.4 is 0 Å². The molecule has 6 unspecified atom stereocenters. The highest BCUT2D eigenvalue weighted by atomic mass is 17.3. The van der Waals surface area contributed by atoms with E-state index in [2.05, 4.69) is 27.7 Å². The maximum absolute atomic E-state index is 6.33. The van der Waals surface area contributed by atoms with Crippen LogP contribution in [0.15, 0.2) is 0 Å². The van der Waals surface area contributed by atoms with Crippen molar-refractivity contribution in [2.24, 2.45) is 10.8 Å². The van der Waals surface area contributed by atoms with E-state index in [1.165, 1.54) is 0 Å². The Morgan fingerprint density at radius 1 is 0.472 bits per heavy atom. The summed E-state index contributed by atoms with van der Waals surface area (Å²) in [6.45, 7) is 12.3. The van der Waals surface area contributed by atoms with Gasteiger partial charge < -0.3 is 18.9 Å². The van der Waals surface area contributed by atoms with Gasteiger partial charge in [-0.25, -0.2) is 0 Å². The molecular weight excluding hydrogens is 480 g/mol. The molecule has 0 aromatic heterocycles. The van der Waals surface area contributed by atoms with E-state index >= 15 is 0 Å². The Bertz CT molecular complexity index is 858. The minimum Gasteiger partial charge on any atom is -0.310 e. The third-order valence-corrected chi connectivity index (χ3v) is 8.25. The van der Waals surface area contributed by atoms with Crippen LogP contribution in [0.2, 0.25) is 0 Å². The number of rotatable bonds is 2. The van der Waals surface area contributed by atoms with E-state index in [9.17, 15) is 0 Å². The summed E-state index contributed by atoms with van der Waals surface area (Å²) >= 11 is 0. The fourth-order valence-electron chi connectivity index (χ4n) is 7.39. The Labute approximate surface area is 209 Å². The number of fused-ring (bicyclic) bond motifs is 4. The zero-order valence-electron chi connectivity index (χ0n) is 21.7. The minimum absolute atomic E-state index is 0.0995. The molecular formula is C24H36O12. The second kappa shape index (κ2) is 7.18.